The van der Waals surface area contributed by atoms with E-state index in [0.717, 1.165) is 12.8 Å². The van der Waals surface area contributed by atoms with Gasteiger partial charge in [0.2, 0.25) is 0 Å². The average Bonchev–Trinajstić information content (AvgIpc) is 2.55. The Morgan fingerprint density at radius 1 is 1.23 bits per heavy atom. The van der Waals surface area contributed by atoms with Crippen molar-refractivity contribution < 1.29 is 9.53 Å². The Hall–Kier alpha value is -0.530. The molecule has 0 aliphatic heterocycles. The van der Waals surface area contributed by atoms with Gasteiger partial charge in [0, 0.05) is 0 Å². The molecule has 0 radical (unpaired) electrons. The normalized spacial score (nSPS) is 20.6. The summed E-state index contributed by atoms with van der Waals surface area (Å²) >= 11 is 0. The molecule has 0 unspecified atom stereocenters. The van der Waals surface area contributed by atoms with Gasteiger partial charge < -0.3 is 4.74 Å². The maximum absolute atomic E-state index is 11.5. The maximum atomic E-state index is 11.5. The predicted molar refractivity (Wildman–Crippen MR) is 52.4 cm³/mol. The van der Waals surface area contributed by atoms with Gasteiger partial charge in [-0.3, -0.25) is 4.79 Å². The van der Waals surface area contributed by atoms with Gasteiger partial charge in [-0.1, -0.05) is 26.7 Å². The van der Waals surface area contributed by atoms with Gasteiger partial charge in [0.15, 0.2) is 0 Å². The van der Waals surface area contributed by atoms with Crippen LogP contribution >= 0.6 is 0 Å². The van der Waals surface area contributed by atoms with E-state index >= 15 is 0 Å². The Labute approximate surface area is 80.7 Å². The molecule has 76 valence electrons. The molecule has 1 atom stereocenters. The molecule has 1 aliphatic rings. The first-order valence-corrected chi connectivity index (χ1v) is 5.31. The van der Waals surface area contributed by atoms with Gasteiger partial charge in [-0.05, 0) is 25.7 Å². The van der Waals surface area contributed by atoms with E-state index in [-0.39, 0.29) is 18.0 Å². The smallest absolute Gasteiger partial charge is 0.309 e. The molecule has 0 amide bonds. The zero-order valence-electron chi connectivity index (χ0n) is 8.88. The van der Waals surface area contributed by atoms with Crippen LogP contribution in [0.25, 0.3) is 0 Å². The Morgan fingerprint density at radius 2 is 1.77 bits per heavy atom. The van der Waals surface area contributed by atoms with Crippen LogP contribution in [-0.2, 0) is 9.53 Å². The van der Waals surface area contributed by atoms with Gasteiger partial charge in [0.1, 0.15) is 6.10 Å². The van der Waals surface area contributed by atoms with Crippen molar-refractivity contribution in [1.82, 2.24) is 0 Å². The molecule has 0 aromatic carbocycles. The number of rotatable bonds is 3. The van der Waals surface area contributed by atoms with E-state index in [0.29, 0.717) is 5.92 Å². The predicted octanol–water partition coefficient (Wildman–Crippen LogP) is 2.76. The Balaban J connectivity index is 2.31. The highest BCUT2D eigenvalue weighted by atomic mass is 16.5. The van der Waals surface area contributed by atoms with Crippen molar-refractivity contribution in [1.29, 1.82) is 0 Å². The summed E-state index contributed by atoms with van der Waals surface area (Å²) in [6, 6.07) is 0. The van der Waals surface area contributed by atoms with Crippen molar-refractivity contribution in [2.24, 2.45) is 11.8 Å². The fourth-order valence-electron chi connectivity index (χ4n) is 1.58. The molecule has 0 spiro atoms. The third kappa shape index (κ3) is 3.02. The summed E-state index contributed by atoms with van der Waals surface area (Å²) in [7, 11) is 0. The van der Waals surface area contributed by atoms with E-state index < -0.39 is 0 Å². The molecule has 2 nitrogen and oxygen atoms in total. The van der Waals surface area contributed by atoms with Crippen molar-refractivity contribution >= 4 is 5.97 Å². The van der Waals surface area contributed by atoms with Crippen LogP contribution < -0.4 is 0 Å². The van der Waals surface area contributed by atoms with Crippen LogP contribution in [0.15, 0.2) is 0 Å². The lowest BCUT2D eigenvalue weighted by Gasteiger charge is -2.18. The Morgan fingerprint density at radius 3 is 2.23 bits per heavy atom. The van der Waals surface area contributed by atoms with E-state index in [2.05, 4.69) is 13.8 Å². The minimum Gasteiger partial charge on any atom is -0.462 e. The standard InChI is InChI=1S/C11H20O2/c1-8(2)9(3)13-11(12)10-6-4-5-7-10/h8-10H,4-7H2,1-3H3/t9-/m0/s1. The van der Waals surface area contributed by atoms with Gasteiger partial charge in [-0.25, -0.2) is 0 Å². The summed E-state index contributed by atoms with van der Waals surface area (Å²) in [6.07, 6.45) is 4.51. The largest absolute Gasteiger partial charge is 0.462 e. The van der Waals surface area contributed by atoms with Crippen molar-refractivity contribution in [3.63, 3.8) is 0 Å². The van der Waals surface area contributed by atoms with Crippen molar-refractivity contribution in [3.8, 4) is 0 Å². The van der Waals surface area contributed by atoms with E-state index in [4.69, 9.17) is 4.74 Å². The molecular formula is C11H20O2. The summed E-state index contributed by atoms with van der Waals surface area (Å²) in [6.45, 7) is 6.12. The molecular weight excluding hydrogens is 164 g/mol. The first-order valence-electron chi connectivity index (χ1n) is 5.31. The minimum atomic E-state index is 0.0266. The number of ether oxygens (including phenoxy) is 1. The lowest BCUT2D eigenvalue weighted by atomic mass is 10.1. The van der Waals surface area contributed by atoms with Crippen LogP contribution in [0.4, 0.5) is 0 Å². The summed E-state index contributed by atoms with van der Waals surface area (Å²) in [5.41, 5.74) is 0. The second kappa shape index (κ2) is 4.64. The zero-order chi connectivity index (χ0) is 9.84. The number of hydrogen-bond donors (Lipinski definition) is 0. The first-order chi connectivity index (χ1) is 6.11. The second-order valence-electron chi connectivity index (χ2n) is 4.37. The third-order valence-corrected chi connectivity index (χ3v) is 2.93. The second-order valence-corrected chi connectivity index (χ2v) is 4.37. The third-order valence-electron chi connectivity index (χ3n) is 2.93. The Kier molecular flexibility index (Phi) is 3.76. The minimum absolute atomic E-state index is 0.0266. The summed E-state index contributed by atoms with van der Waals surface area (Å²) in [4.78, 5) is 11.5. The molecule has 0 aromatic heterocycles. The molecule has 2 heteroatoms. The number of carbonyl (C=O) groups is 1. The molecule has 0 saturated heterocycles. The van der Waals surface area contributed by atoms with Gasteiger partial charge in [0.05, 0.1) is 5.92 Å². The van der Waals surface area contributed by atoms with Crippen LogP contribution in [0, 0.1) is 11.8 Å². The van der Waals surface area contributed by atoms with Gasteiger partial charge in [0.25, 0.3) is 0 Å². The zero-order valence-corrected chi connectivity index (χ0v) is 8.88. The molecule has 0 bridgehead atoms. The van der Waals surface area contributed by atoms with E-state index in [1.54, 1.807) is 0 Å². The average molecular weight is 184 g/mol. The van der Waals surface area contributed by atoms with Crippen LogP contribution in [0.5, 0.6) is 0 Å². The molecule has 13 heavy (non-hydrogen) atoms. The van der Waals surface area contributed by atoms with Crippen LogP contribution in [-0.4, -0.2) is 12.1 Å². The SMILES string of the molecule is CC(C)[C@H](C)OC(=O)C1CCCC1. The van der Waals surface area contributed by atoms with Gasteiger partial charge in [-0.2, -0.15) is 0 Å². The maximum Gasteiger partial charge on any atom is 0.309 e. The summed E-state index contributed by atoms with van der Waals surface area (Å²) in [5, 5.41) is 0. The summed E-state index contributed by atoms with van der Waals surface area (Å²) < 4.78 is 5.36. The fourth-order valence-corrected chi connectivity index (χ4v) is 1.58. The van der Waals surface area contributed by atoms with Crippen molar-refractivity contribution in [2.75, 3.05) is 0 Å². The van der Waals surface area contributed by atoms with Crippen LogP contribution in [0.1, 0.15) is 46.5 Å². The van der Waals surface area contributed by atoms with E-state index in [1.807, 2.05) is 6.92 Å². The van der Waals surface area contributed by atoms with Crippen molar-refractivity contribution in [3.05, 3.63) is 0 Å². The number of hydrogen-bond acceptors (Lipinski definition) is 2. The molecule has 1 fully saturated rings. The van der Waals surface area contributed by atoms with E-state index in [9.17, 15) is 4.79 Å². The molecule has 1 rings (SSSR count). The molecule has 1 aliphatic carbocycles. The topological polar surface area (TPSA) is 26.3 Å². The van der Waals surface area contributed by atoms with Crippen LogP contribution in [0.2, 0.25) is 0 Å². The highest BCUT2D eigenvalue weighted by Gasteiger charge is 2.25. The Bertz CT molecular complexity index is 169. The van der Waals surface area contributed by atoms with Gasteiger partial charge >= 0.3 is 5.97 Å². The number of carbonyl (C=O) groups excluding carboxylic acids is 1. The fraction of sp³-hybridized carbons (Fsp3) is 0.909. The quantitative estimate of drug-likeness (QED) is 0.630. The molecule has 0 aromatic rings. The molecule has 1 saturated carbocycles. The van der Waals surface area contributed by atoms with E-state index in [1.165, 1.54) is 12.8 Å². The lowest BCUT2D eigenvalue weighted by Crippen LogP contribution is -2.24. The monoisotopic (exact) mass is 184 g/mol. The molecule has 0 N–H and O–H groups in total. The highest BCUT2D eigenvalue weighted by molar-refractivity contribution is 5.72. The molecule has 0 heterocycles. The first kappa shape index (κ1) is 10.6. The van der Waals surface area contributed by atoms with Gasteiger partial charge in [-0.15, -0.1) is 0 Å². The number of esters is 1. The van der Waals surface area contributed by atoms with Crippen molar-refractivity contribution in [2.45, 2.75) is 52.6 Å². The highest BCUT2D eigenvalue weighted by Crippen LogP contribution is 2.26. The van der Waals surface area contributed by atoms with Crippen LogP contribution in [0.3, 0.4) is 0 Å². The lowest BCUT2D eigenvalue weighted by molar-refractivity contribution is -0.155. The summed E-state index contributed by atoms with van der Waals surface area (Å²) in [5.74, 6) is 0.644.